The molecule has 0 spiro atoms. The number of aliphatic hydroxyl groups is 1. The Balaban J connectivity index is 2.69. The summed E-state index contributed by atoms with van der Waals surface area (Å²) in [6.45, 7) is -0.145. The molecule has 0 fully saturated rings. The van der Waals surface area contributed by atoms with Gasteiger partial charge in [-0.05, 0) is 12.1 Å². The highest BCUT2D eigenvalue weighted by Crippen LogP contribution is 1.95. The number of nitrogens with zero attached hydrogens (tertiary/aromatic N) is 1. The lowest BCUT2D eigenvalue weighted by molar-refractivity contribution is 0.287. The fraction of sp³-hybridized carbons (Fsp3) is 0.143. The van der Waals surface area contributed by atoms with E-state index in [0.717, 1.165) is 5.56 Å². The molecule has 0 radical (unpaired) electrons. The minimum atomic E-state index is -0.145. The molecule has 0 aliphatic heterocycles. The van der Waals surface area contributed by atoms with E-state index < -0.39 is 0 Å². The van der Waals surface area contributed by atoms with Crippen molar-refractivity contribution in [3.63, 3.8) is 0 Å². The molecule has 0 bridgehead atoms. The van der Waals surface area contributed by atoms with Crippen LogP contribution in [0.25, 0.3) is 0 Å². The summed E-state index contributed by atoms with van der Waals surface area (Å²) in [5, 5.41) is 11.1. The lowest BCUT2D eigenvalue weighted by Crippen LogP contribution is -2.22. The van der Waals surface area contributed by atoms with Gasteiger partial charge in [-0.15, -0.1) is 0 Å². The number of aliphatic hydroxyl groups excluding tert-OH is 1. The molecule has 0 atom stereocenters. The summed E-state index contributed by atoms with van der Waals surface area (Å²) in [5.74, 6) is 0. The first-order chi connectivity index (χ1) is 5.34. The fourth-order valence-electron chi connectivity index (χ4n) is 0.671. The highest BCUT2D eigenvalue weighted by atomic mass is 32.1. The molecular formula is C7H8N2OS. The van der Waals surface area contributed by atoms with E-state index in [1.165, 1.54) is 0 Å². The lowest BCUT2D eigenvalue weighted by Gasteiger charge is -2.02. The average Bonchev–Trinajstić information content (AvgIpc) is 2.07. The van der Waals surface area contributed by atoms with E-state index in [9.17, 15) is 0 Å². The molecule has 0 aromatic carbocycles. The molecule has 1 rings (SSSR count). The van der Waals surface area contributed by atoms with E-state index in [1.807, 2.05) is 6.07 Å². The van der Waals surface area contributed by atoms with Gasteiger partial charge in [0.1, 0.15) is 11.7 Å². The first kappa shape index (κ1) is 8.10. The highest BCUT2D eigenvalue weighted by molar-refractivity contribution is 7.80. The van der Waals surface area contributed by atoms with Gasteiger partial charge in [0.15, 0.2) is 0 Å². The van der Waals surface area contributed by atoms with Crippen LogP contribution in [-0.4, -0.2) is 21.8 Å². The van der Waals surface area contributed by atoms with Crippen LogP contribution in [-0.2, 0) is 0 Å². The Morgan fingerprint density at radius 2 is 2.55 bits per heavy atom. The number of thiocarbonyl (C=S) groups is 1. The summed E-state index contributed by atoms with van der Waals surface area (Å²) >= 11 is 4.91. The predicted octanol–water partition coefficient (Wildman–Crippen LogP) is 0.297. The average molecular weight is 168 g/mol. The minimum Gasteiger partial charge on any atom is -0.377 e. The van der Waals surface area contributed by atoms with E-state index in [0.29, 0.717) is 4.99 Å². The molecule has 3 nitrogen and oxygen atoms in total. The van der Waals surface area contributed by atoms with Gasteiger partial charge in [-0.2, -0.15) is 0 Å². The maximum absolute atomic E-state index is 8.48. The SMILES string of the molecule is OCNC(=S)c1cccnc1. The van der Waals surface area contributed by atoms with E-state index in [-0.39, 0.29) is 6.73 Å². The number of aromatic nitrogens is 1. The Morgan fingerprint density at radius 1 is 1.73 bits per heavy atom. The molecule has 0 unspecified atom stereocenters. The van der Waals surface area contributed by atoms with Crippen LogP contribution in [0.5, 0.6) is 0 Å². The van der Waals surface area contributed by atoms with Crippen LogP contribution in [0.2, 0.25) is 0 Å². The molecule has 58 valence electrons. The van der Waals surface area contributed by atoms with Crippen molar-refractivity contribution in [2.45, 2.75) is 0 Å². The van der Waals surface area contributed by atoms with Crippen molar-refractivity contribution in [1.82, 2.24) is 10.3 Å². The van der Waals surface area contributed by atoms with Gasteiger partial charge in [0.05, 0.1) is 0 Å². The Morgan fingerprint density at radius 3 is 3.09 bits per heavy atom. The summed E-state index contributed by atoms with van der Waals surface area (Å²) < 4.78 is 0. The summed E-state index contributed by atoms with van der Waals surface area (Å²) in [4.78, 5) is 4.39. The van der Waals surface area contributed by atoms with Crippen molar-refractivity contribution in [3.8, 4) is 0 Å². The third-order valence-electron chi connectivity index (χ3n) is 1.16. The zero-order valence-corrected chi connectivity index (χ0v) is 6.64. The van der Waals surface area contributed by atoms with Crippen molar-refractivity contribution in [2.75, 3.05) is 6.73 Å². The van der Waals surface area contributed by atoms with Gasteiger partial charge in [-0.3, -0.25) is 4.98 Å². The maximum atomic E-state index is 8.48. The van der Waals surface area contributed by atoms with Crippen molar-refractivity contribution >= 4 is 17.2 Å². The monoisotopic (exact) mass is 168 g/mol. The van der Waals surface area contributed by atoms with Crippen LogP contribution >= 0.6 is 12.2 Å². The molecule has 1 heterocycles. The zero-order chi connectivity index (χ0) is 8.10. The topological polar surface area (TPSA) is 45.1 Å². The van der Waals surface area contributed by atoms with Gasteiger partial charge in [-0.25, -0.2) is 0 Å². The third kappa shape index (κ3) is 2.25. The number of hydrogen-bond donors (Lipinski definition) is 2. The number of nitrogens with one attached hydrogen (secondary N) is 1. The quantitative estimate of drug-likeness (QED) is 0.492. The van der Waals surface area contributed by atoms with Gasteiger partial charge in [-0.1, -0.05) is 12.2 Å². The Hall–Kier alpha value is -1.00. The largest absolute Gasteiger partial charge is 0.377 e. The van der Waals surface area contributed by atoms with E-state index in [4.69, 9.17) is 17.3 Å². The molecule has 1 aromatic rings. The summed E-state index contributed by atoms with van der Waals surface area (Å²) in [5.41, 5.74) is 0.816. The van der Waals surface area contributed by atoms with Gasteiger partial charge in [0, 0.05) is 18.0 Å². The molecule has 0 saturated carbocycles. The summed E-state index contributed by atoms with van der Waals surface area (Å²) in [7, 11) is 0. The van der Waals surface area contributed by atoms with Crippen molar-refractivity contribution in [3.05, 3.63) is 30.1 Å². The molecule has 0 aliphatic carbocycles. The van der Waals surface area contributed by atoms with Crippen molar-refractivity contribution < 1.29 is 5.11 Å². The summed E-state index contributed by atoms with van der Waals surface area (Å²) in [6, 6.07) is 3.62. The van der Waals surface area contributed by atoms with Gasteiger partial charge >= 0.3 is 0 Å². The first-order valence-corrected chi connectivity index (χ1v) is 3.54. The number of pyridine rings is 1. The van der Waals surface area contributed by atoms with Crippen LogP contribution in [0.3, 0.4) is 0 Å². The molecule has 2 N–H and O–H groups in total. The Bertz CT molecular complexity index is 237. The Kier molecular flexibility index (Phi) is 2.95. The normalized spacial score (nSPS) is 9.18. The second kappa shape index (κ2) is 4.00. The second-order valence-electron chi connectivity index (χ2n) is 1.91. The van der Waals surface area contributed by atoms with E-state index in [2.05, 4.69) is 10.3 Å². The zero-order valence-electron chi connectivity index (χ0n) is 5.82. The standard InChI is InChI=1S/C7H8N2OS/c10-5-9-7(11)6-2-1-3-8-4-6/h1-4,10H,5H2,(H,9,11). The van der Waals surface area contributed by atoms with Crippen LogP contribution in [0.1, 0.15) is 5.56 Å². The lowest BCUT2D eigenvalue weighted by atomic mass is 10.3. The van der Waals surface area contributed by atoms with Crippen LogP contribution in [0.15, 0.2) is 24.5 Å². The van der Waals surface area contributed by atoms with Crippen LogP contribution in [0.4, 0.5) is 0 Å². The summed E-state index contributed by atoms with van der Waals surface area (Å²) in [6.07, 6.45) is 3.32. The number of hydrogen-bond acceptors (Lipinski definition) is 3. The van der Waals surface area contributed by atoms with Crippen LogP contribution in [0, 0.1) is 0 Å². The molecule has 4 heteroatoms. The van der Waals surface area contributed by atoms with Crippen molar-refractivity contribution in [2.24, 2.45) is 0 Å². The van der Waals surface area contributed by atoms with E-state index in [1.54, 1.807) is 18.5 Å². The Labute approximate surface area is 70.1 Å². The van der Waals surface area contributed by atoms with E-state index >= 15 is 0 Å². The molecule has 0 amide bonds. The molecule has 0 saturated heterocycles. The molecule has 0 aliphatic rings. The van der Waals surface area contributed by atoms with Gasteiger partial charge in [0.2, 0.25) is 0 Å². The minimum absolute atomic E-state index is 0.145. The smallest absolute Gasteiger partial charge is 0.113 e. The molecule has 1 aromatic heterocycles. The number of rotatable bonds is 2. The first-order valence-electron chi connectivity index (χ1n) is 3.13. The fourth-order valence-corrected chi connectivity index (χ4v) is 0.856. The van der Waals surface area contributed by atoms with Crippen LogP contribution < -0.4 is 5.32 Å². The maximum Gasteiger partial charge on any atom is 0.113 e. The third-order valence-corrected chi connectivity index (χ3v) is 1.54. The highest BCUT2D eigenvalue weighted by Gasteiger charge is 1.96. The molecule has 11 heavy (non-hydrogen) atoms. The van der Waals surface area contributed by atoms with Gasteiger partial charge in [0.25, 0.3) is 0 Å². The van der Waals surface area contributed by atoms with Gasteiger partial charge < -0.3 is 10.4 Å². The molecular weight excluding hydrogens is 160 g/mol. The second-order valence-corrected chi connectivity index (χ2v) is 2.31. The predicted molar refractivity (Wildman–Crippen MR) is 46.2 cm³/mol. The van der Waals surface area contributed by atoms with Crippen molar-refractivity contribution in [1.29, 1.82) is 0 Å².